The molecule has 0 heterocycles. The zero-order valence-corrected chi connectivity index (χ0v) is 11.9. The van der Waals surface area contributed by atoms with Crippen molar-refractivity contribution < 1.29 is 9.59 Å². The highest BCUT2D eigenvalue weighted by atomic mass is 16.2. The minimum absolute atomic E-state index is 0.0222. The Hall–Kier alpha value is -2.34. The van der Waals surface area contributed by atoms with Gasteiger partial charge in [-0.25, -0.2) is 4.79 Å². The van der Waals surface area contributed by atoms with Crippen LogP contribution in [0, 0.1) is 5.92 Å². The lowest BCUT2D eigenvalue weighted by Gasteiger charge is -2.17. The standard InChI is InChI=1S/C15H20N4O2/c1-9(18-14(20)11-2-5-12(16)8-11)10-3-6-13(7-4-10)19-15(17)21/h2-7,9,11-12H,8,16H2,1H3,(H,18,20)(H3,17,19,21). The fraction of sp³-hybridized carbons (Fsp3) is 0.333. The van der Waals surface area contributed by atoms with Crippen molar-refractivity contribution in [2.45, 2.75) is 25.4 Å². The highest BCUT2D eigenvalue weighted by Gasteiger charge is 2.23. The molecule has 0 fully saturated rings. The second-order valence-electron chi connectivity index (χ2n) is 5.23. The fourth-order valence-corrected chi connectivity index (χ4v) is 2.32. The molecule has 0 aromatic heterocycles. The fourth-order valence-electron chi connectivity index (χ4n) is 2.32. The number of urea groups is 1. The van der Waals surface area contributed by atoms with E-state index in [1.807, 2.05) is 31.2 Å². The van der Waals surface area contributed by atoms with E-state index in [-0.39, 0.29) is 23.9 Å². The summed E-state index contributed by atoms with van der Waals surface area (Å²) in [5.41, 5.74) is 12.4. The Bertz CT molecular complexity index is 553. The number of carbonyl (C=O) groups is 2. The first-order chi connectivity index (χ1) is 9.95. The van der Waals surface area contributed by atoms with Gasteiger partial charge >= 0.3 is 6.03 Å². The van der Waals surface area contributed by atoms with E-state index in [1.165, 1.54) is 0 Å². The summed E-state index contributed by atoms with van der Waals surface area (Å²) in [5, 5.41) is 5.45. The van der Waals surface area contributed by atoms with Crippen molar-refractivity contribution in [3.63, 3.8) is 0 Å². The van der Waals surface area contributed by atoms with E-state index in [4.69, 9.17) is 11.5 Å². The van der Waals surface area contributed by atoms with E-state index in [1.54, 1.807) is 12.1 Å². The van der Waals surface area contributed by atoms with E-state index in [0.717, 1.165) is 5.56 Å². The number of anilines is 1. The Kier molecular flexibility index (Phi) is 4.59. The summed E-state index contributed by atoms with van der Waals surface area (Å²) in [4.78, 5) is 22.8. The van der Waals surface area contributed by atoms with Crippen molar-refractivity contribution >= 4 is 17.6 Å². The first-order valence-electron chi connectivity index (χ1n) is 6.86. The van der Waals surface area contributed by atoms with Gasteiger partial charge < -0.3 is 22.1 Å². The molecule has 0 saturated carbocycles. The summed E-state index contributed by atoms with van der Waals surface area (Å²) >= 11 is 0. The molecule has 0 saturated heterocycles. The molecule has 1 aromatic carbocycles. The van der Waals surface area contributed by atoms with E-state index >= 15 is 0 Å². The molecular weight excluding hydrogens is 268 g/mol. The summed E-state index contributed by atoms with van der Waals surface area (Å²) < 4.78 is 0. The minimum atomic E-state index is -0.603. The predicted molar refractivity (Wildman–Crippen MR) is 81.4 cm³/mol. The summed E-state index contributed by atoms with van der Waals surface area (Å²) in [5.74, 6) is -0.177. The Labute approximate surface area is 123 Å². The molecule has 6 nitrogen and oxygen atoms in total. The van der Waals surface area contributed by atoms with Crippen LogP contribution in [0.2, 0.25) is 0 Å². The number of rotatable bonds is 4. The van der Waals surface area contributed by atoms with E-state index in [9.17, 15) is 9.59 Å². The van der Waals surface area contributed by atoms with Crippen molar-refractivity contribution in [3.8, 4) is 0 Å². The molecule has 0 spiro atoms. The molecule has 1 aromatic rings. The van der Waals surface area contributed by atoms with E-state index < -0.39 is 6.03 Å². The maximum Gasteiger partial charge on any atom is 0.316 e. The lowest BCUT2D eigenvalue weighted by molar-refractivity contribution is -0.124. The van der Waals surface area contributed by atoms with Crippen LogP contribution >= 0.6 is 0 Å². The molecule has 6 heteroatoms. The van der Waals surface area contributed by atoms with Crippen LogP contribution < -0.4 is 22.1 Å². The van der Waals surface area contributed by atoms with E-state index in [0.29, 0.717) is 12.1 Å². The third kappa shape index (κ3) is 4.06. The van der Waals surface area contributed by atoms with Gasteiger partial charge in [0.2, 0.25) is 5.91 Å². The number of benzene rings is 1. The number of carbonyl (C=O) groups excluding carboxylic acids is 2. The number of amides is 3. The molecule has 0 aliphatic heterocycles. The normalized spacial score (nSPS) is 21.8. The Morgan fingerprint density at radius 2 is 1.90 bits per heavy atom. The van der Waals surface area contributed by atoms with Gasteiger partial charge in [-0.15, -0.1) is 0 Å². The Morgan fingerprint density at radius 3 is 2.43 bits per heavy atom. The molecule has 21 heavy (non-hydrogen) atoms. The van der Waals surface area contributed by atoms with Crippen molar-refractivity contribution in [1.82, 2.24) is 5.32 Å². The quantitative estimate of drug-likeness (QED) is 0.626. The van der Waals surface area contributed by atoms with Crippen LogP contribution in [0.4, 0.5) is 10.5 Å². The van der Waals surface area contributed by atoms with Crippen molar-refractivity contribution in [1.29, 1.82) is 0 Å². The molecule has 3 atom stereocenters. The minimum Gasteiger partial charge on any atom is -0.351 e. The first-order valence-corrected chi connectivity index (χ1v) is 6.86. The zero-order chi connectivity index (χ0) is 15.4. The molecule has 3 unspecified atom stereocenters. The second kappa shape index (κ2) is 6.41. The molecule has 1 aliphatic carbocycles. The van der Waals surface area contributed by atoms with Crippen LogP contribution in [0.25, 0.3) is 0 Å². The Balaban J connectivity index is 1.93. The predicted octanol–water partition coefficient (Wildman–Crippen LogP) is 1.26. The van der Waals surface area contributed by atoms with Crippen LogP contribution in [0.1, 0.15) is 24.9 Å². The van der Waals surface area contributed by atoms with Crippen LogP contribution in [-0.2, 0) is 4.79 Å². The number of nitrogens with one attached hydrogen (secondary N) is 2. The van der Waals surface area contributed by atoms with Gasteiger partial charge in [0.25, 0.3) is 0 Å². The van der Waals surface area contributed by atoms with Gasteiger partial charge in [-0.3, -0.25) is 4.79 Å². The van der Waals surface area contributed by atoms with Crippen molar-refractivity contribution in [2.75, 3.05) is 5.32 Å². The van der Waals surface area contributed by atoms with Crippen LogP contribution in [0.3, 0.4) is 0 Å². The lowest BCUT2D eigenvalue weighted by Crippen LogP contribution is -2.32. The number of hydrogen-bond donors (Lipinski definition) is 4. The van der Waals surface area contributed by atoms with Gasteiger partial charge in [0.15, 0.2) is 0 Å². The average molecular weight is 288 g/mol. The van der Waals surface area contributed by atoms with Crippen LogP contribution in [0.15, 0.2) is 36.4 Å². The molecule has 112 valence electrons. The maximum absolute atomic E-state index is 12.1. The molecule has 2 rings (SSSR count). The van der Waals surface area contributed by atoms with Crippen molar-refractivity contribution in [2.24, 2.45) is 17.4 Å². The molecule has 3 amide bonds. The van der Waals surface area contributed by atoms with Crippen LogP contribution in [-0.4, -0.2) is 18.0 Å². The molecular formula is C15H20N4O2. The third-order valence-corrected chi connectivity index (χ3v) is 3.49. The van der Waals surface area contributed by atoms with Gasteiger partial charge in [0.05, 0.1) is 12.0 Å². The van der Waals surface area contributed by atoms with Gasteiger partial charge in [-0.2, -0.15) is 0 Å². The highest BCUT2D eigenvalue weighted by molar-refractivity contribution is 5.87. The number of hydrogen-bond acceptors (Lipinski definition) is 3. The van der Waals surface area contributed by atoms with E-state index in [2.05, 4.69) is 10.6 Å². The van der Waals surface area contributed by atoms with Crippen LogP contribution in [0.5, 0.6) is 0 Å². The van der Waals surface area contributed by atoms with Crippen molar-refractivity contribution in [3.05, 3.63) is 42.0 Å². The van der Waals surface area contributed by atoms with Gasteiger partial charge in [0, 0.05) is 11.7 Å². The monoisotopic (exact) mass is 288 g/mol. The highest BCUT2D eigenvalue weighted by Crippen LogP contribution is 2.20. The van der Waals surface area contributed by atoms with Gasteiger partial charge in [-0.1, -0.05) is 24.3 Å². The number of primary amides is 1. The summed E-state index contributed by atoms with van der Waals surface area (Å²) in [6.45, 7) is 1.91. The Morgan fingerprint density at radius 1 is 1.24 bits per heavy atom. The molecule has 0 bridgehead atoms. The summed E-state index contributed by atoms with van der Waals surface area (Å²) in [7, 11) is 0. The molecule has 1 aliphatic rings. The SMILES string of the molecule is CC(NC(=O)C1C=CC(N)C1)c1ccc(NC(N)=O)cc1. The zero-order valence-electron chi connectivity index (χ0n) is 11.9. The largest absolute Gasteiger partial charge is 0.351 e. The topological polar surface area (TPSA) is 110 Å². The number of nitrogens with two attached hydrogens (primary N) is 2. The summed E-state index contributed by atoms with van der Waals surface area (Å²) in [6, 6.07) is 6.41. The van der Waals surface area contributed by atoms with Gasteiger partial charge in [0.1, 0.15) is 0 Å². The third-order valence-electron chi connectivity index (χ3n) is 3.49. The first kappa shape index (κ1) is 15.1. The second-order valence-corrected chi connectivity index (χ2v) is 5.23. The van der Waals surface area contributed by atoms with Gasteiger partial charge in [-0.05, 0) is 31.0 Å². The summed E-state index contributed by atoms with van der Waals surface area (Å²) in [6.07, 6.45) is 4.37. The maximum atomic E-state index is 12.1. The molecule has 6 N–H and O–H groups in total. The lowest BCUT2D eigenvalue weighted by atomic mass is 10.0. The smallest absolute Gasteiger partial charge is 0.316 e. The average Bonchev–Trinajstić information content (AvgIpc) is 2.85. The molecule has 0 radical (unpaired) electrons.